The normalized spacial score (nSPS) is 16.8. The summed E-state index contributed by atoms with van der Waals surface area (Å²) in [6, 6.07) is 10.3. The van der Waals surface area contributed by atoms with Crippen LogP contribution in [-0.2, 0) is 10.0 Å². The molecule has 0 radical (unpaired) electrons. The van der Waals surface area contributed by atoms with Crippen molar-refractivity contribution >= 4 is 39.1 Å². The fourth-order valence-electron chi connectivity index (χ4n) is 4.42. The van der Waals surface area contributed by atoms with Gasteiger partial charge in [0.15, 0.2) is 28.9 Å². The molecule has 2 aromatic carbocycles. The number of nitrogens with one attached hydrogen (secondary N) is 2. The minimum Gasteiger partial charge on any atom is -0.504 e. The quantitative estimate of drug-likeness (QED) is 0.372. The Morgan fingerprint density at radius 3 is 2.53 bits per heavy atom. The first-order chi connectivity index (χ1) is 17.1. The number of benzene rings is 2. The molecule has 1 fully saturated rings. The standard InChI is InChI=1S/C24H29N5O5S2/c1-24(2,3)21(15-9-10-17-18(13-15)34-14-33-17)26-23-22(27-35-28-23)25-16-7-6-8-19(20(16)30)36(31,32)29-11-4-5-12-29/h6-10,13,21,30H,4-5,11-12,14H2,1-3H3,(H,25,27)(H,26,28)/t21-/m0/s1. The van der Waals surface area contributed by atoms with E-state index in [-0.39, 0.29) is 34.6 Å². The van der Waals surface area contributed by atoms with Crippen LogP contribution in [0, 0.1) is 5.41 Å². The number of fused-ring (bicyclic) bond motifs is 1. The second kappa shape index (κ2) is 9.41. The van der Waals surface area contributed by atoms with Crippen LogP contribution < -0.4 is 20.1 Å². The third-order valence-corrected chi connectivity index (χ3v) is 8.76. The molecule has 2 aliphatic heterocycles. The number of phenolic OH excluding ortho intramolecular Hbond substituents is 1. The van der Waals surface area contributed by atoms with Gasteiger partial charge in [0.05, 0.1) is 23.5 Å². The fraction of sp³-hybridized carbons (Fsp3) is 0.417. The number of rotatable bonds is 7. The number of para-hydroxylation sites is 1. The zero-order chi connectivity index (χ0) is 25.5. The van der Waals surface area contributed by atoms with Gasteiger partial charge < -0.3 is 25.2 Å². The number of aromatic hydroxyl groups is 1. The molecule has 0 saturated carbocycles. The van der Waals surface area contributed by atoms with Crippen LogP contribution in [0.15, 0.2) is 41.3 Å². The Morgan fingerprint density at radius 1 is 1.06 bits per heavy atom. The Labute approximate surface area is 214 Å². The molecule has 192 valence electrons. The van der Waals surface area contributed by atoms with E-state index in [0.717, 1.165) is 30.1 Å². The van der Waals surface area contributed by atoms with E-state index in [0.29, 0.717) is 36.2 Å². The van der Waals surface area contributed by atoms with Gasteiger partial charge in [-0.15, -0.1) is 0 Å². The lowest BCUT2D eigenvalue weighted by atomic mass is 9.82. The van der Waals surface area contributed by atoms with Crippen LogP contribution in [0.25, 0.3) is 0 Å². The first-order valence-corrected chi connectivity index (χ1v) is 13.9. The lowest BCUT2D eigenvalue weighted by Crippen LogP contribution is -2.28. The molecular formula is C24H29N5O5S2. The molecule has 0 amide bonds. The minimum absolute atomic E-state index is 0.125. The highest BCUT2D eigenvalue weighted by Gasteiger charge is 2.32. The minimum atomic E-state index is -3.79. The van der Waals surface area contributed by atoms with Crippen molar-refractivity contribution in [1.29, 1.82) is 0 Å². The number of sulfonamides is 1. The fourth-order valence-corrected chi connectivity index (χ4v) is 6.52. The predicted octanol–water partition coefficient (Wildman–Crippen LogP) is 4.70. The zero-order valence-electron chi connectivity index (χ0n) is 20.3. The predicted molar refractivity (Wildman–Crippen MR) is 138 cm³/mol. The van der Waals surface area contributed by atoms with E-state index in [1.54, 1.807) is 12.1 Å². The number of aromatic nitrogens is 2. The lowest BCUT2D eigenvalue weighted by molar-refractivity contribution is 0.174. The molecule has 1 atom stereocenters. The van der Waals surface area contributed by atoms with E-state index in [2.05, 4.69) is 40.2 Å². The van der Waals surface area contributed by atoms with Crippen LogP contribution in [0.5, 0.6) is 17.2 Å². The summed E-state index contributed by atoms with van der Waals surface area (Å²) >= 11 is 1.01. The van der Waals surface area contributed by atoms with Crippen molar-refractivity contribution in [2.24, 2.45) is 5.41 Å². The summed E-state index contributed by atoms with van der Waals surface area (Å²) in [6.07, 6.45) is 1.63. The lowest BCUT2D eigenvalue weighted by Gasteiger charge is -2.32. The zero-order valence-corrected chi connectivity index (χ0v) is 21.9. The molecule has 36 heavy (non-hydrogen) atoms. The molecule has 5 rings (SSSR count). The average molecular weight is 532 g/mol. The SMILES string of the molecule is CC(C)(C)[C@@H](Nc1nsnc1Nc1cccc(S(=O)(=O)N2CCCC2)c1O)c1ccc2c(c1)OCO2. The maximum absolute atomic E-state index is 13.1. The van der Waals surface area contributed by atoms with E-state index in [1.807, 2.05) is 18.2 Å². The summed E-state index contributed by atoms with van der Waals surface area (Å²) < 4.78 is 47.3. The Balaban J connectivity index is 1.42. The molecule has 3 aromatic rings. The summed E-state index contributed by atoms with van der Waals surface area (Å²) in [5.74, 6) is 1.94. The van der Waals surface area contributed by atoms with Crippen molar-refractivity contribution in [2.75, 3.05) is 30.5 Å². The molecule has 2 aliphatic rings. The molecule has 0 unspecified atom stereocenters. The molecule has 12 heteroatoms. The molecule has 3 N–H and O–H groups in total. The summed E-state index contributed by atoms with van der Waals surface area (Å²) in [5.41, 5.74) is 1.02. The van der Waals surface area contributed by atoms with Crippen molar-refractivity contribution < 1.29 is 23.0 Å². The molecule has 0 spiro atoms. The largest absolute Gasteiger partial charge is 0.504 e. The average Bonchev–Trinajstić information content (AvgIpc) is 3.59. The van der Waals surface area contributed by atoms with Gasteiger partial charge in [-0.05, 0) is 48.1 Å². The molecular weight excluding hydrogens is 502 g/mol. The molecule has 1 saturated heterocycles. The van der Waals surface area contributed by atoms with Crippen molar-refractivity contribution in [3.63, 3.8) is 0 Å². The van der Waals surface area contributed by atoms with Crippen molar-refractivity contribution in [3.05, 3.63) is 42.0 Å². The van der Waals surface area contributed by atoms with Crippen LogP contribution in [0.4, 0.5) is 17.3 Å². The summed E-state index contributed by atoms with van der Waals surface area (Å²) in [6.45, 7) is 7.45. The van der Waals surface area contributed by atoms with Crippen molar-refractivity contribution in [1.82, 2.24) is 13.1 Å². The first kappa shape index (κ1) is 24.6. The summed E-state index contributed by atoms with van der Waals surface area (Å²) in [5, 5.41) is 17.4. The van der Waals surface area contributed by atoms with E-state index >= 15 is 0 Å². The smallest absolute Gasteiger partial charge is 0.246 e. The number of ether oxygens (including phenoxy) is 2. The van der Waals surface area contributed by atoms with E-state index in [4.69, 9.17) is 9.47 Å². The number of anilines is 3. The van der Waals surface area contributed by atoms with Crippen molar-refractivity contribution in [2.45, 2.75) is 44.6 Å². The van der Waals surface area contributed by atoms with E-state index in [1.165, 1.54) is 10.4 Å². The Kier molecular flexibility index (Phi) is 6.43. The molecule has 3 heterocycles. The number of hydrogen-bond donors (Lipinski definition) is 3. The van der Waals surface area contributed by atoms with E-state index in [9.17, 15) is 13.5 Å². The maximum atomic E-state index is 13.1. The Bertz CT molecular complexity index is 1360. The highest BCUT2D eigenvalue weighted by molar-refractivity contribution is 7.89. The van der Waals surface area contributed by atoms with Gasteiger partial charge in [0.1, 0.15) is 4.90 Å². The highest BCUT2D eigenvalue weighted by Crippen LogP contribution is 2.42. The Morgan fingerprint density at radius 2 is 1.78 bits per heavy atom. The van der Waals surface area contributed by atoms with Crippen LogP contribution >= 0.6 is 11.7 Å². The molecule has 0 bridgehead atoms. The molecule has 10 nitrogen and oxygen atoms in total. The van der Waals surface area contributed by atoms with Gasteiger partial charge >= 0.3 is 0 Å². The molecule has 1 aromatic heterocycles. The van der Waals surface area contributed by atoms with Gasteiger partial charge in [-0.3, -0.25) is 0 Å². The topological polar surface area (TPSA) is 126 Å². The highest BCUT2D eigenvalue weighted by atomic mass is 32.2. The molecule has 0 aliphatic carbocycles. The number of nitrogens with zero attached hydrogens (tertiary/aromatic N) is 3. The second-order valence-corrected chi connectivity index (χ2v) is 12.3. The van der Waals surface area contributed by atoms with Gasteiger partial charge in [-0.2, -0.15) is 13.1 Å². The Hall–Kier alpha value is -3.09. The summed E-state index contributed by atoms with van der Waals surface area (Å²) in [4.78, 5) is -0.125. The van der Waals surface area contributed by atoms with Crippen LogP contribution in [-0.4, -0.2) is 46.5 Å². The third kappa shape index (κ3) is 4.67. The third-order valence-electron chi connectivity index (χ3n) is 6.30. The number of phenols is 1. The van der Waals surface area contributed by atoms with Gasteiger partial charge in [0.25, 0.3) is 0 Å². The van der Waals surface area contributed by atoms with Gasteiger partial charge in [0, 0.05) is 13.1 Å². The van der Waals surface area contributed by atoms with Crippen LogP contribution in [0.2, 0.25) is 0 Å². The summed E-state index contributed by atoms with van der Waals surface area (Å²) in [7, 11) is -3.79. The van der Waals surface area contributed by atoms with Gasteiger partial charge in [0.2, 0.25) is 16.8 Å². The van der Waals surface area contributed by atoms with Crippen molar-refractivity contribution in [3.8, 4) is 17.2 Å². The van der Waals surface area contributed by atoms with Crippen LogP contribution in [0.3, 0.4) is 0 Å². The monoisotopic (exact) mass is 531 g/mol. The number of hydrogen-bond acceptors (Lipinski definition) is 10. The second-order valence-electron chi connectivity index (χ2n) is 9.91. The maximum Gasteiger partial charge on any atom is 0.246 e. The van der Waals surface area contributed by atoms with Gasteiger partial charge in [-0.25, -0.2) is 8.42 Å². The first-order valence-electron chi connectivity index (χ1n) is 11.7. The van der Waals surface area contributed by atoms with E-state index < -0.39 is 10.0 Å². The van der Waals surface area contributed by atoms with Crippen LogP contribution in [0.1, 0.15) is 45.2 Å². The van der Waals surface area contributed by atoms with Gasteiger partial charge in [-0.1, -0.05) is 32.9 Å².